The van der Waals surface area contributed by atoms with Gasteiger partial charge in [-0.1, -0.05) is 35.5 Å². The molecule has 2 aromatic carbocycles. The van der Waals surface area contributed by atoms with Crippen molar-refractivity contribution in [2.45, 2.75) is 5.03 Å². The van der Waals surface area contributed by atoms with E-state index < -0.39 is 0 Å². The van der Waals surface area contributed by atoms with E-state index in [2.05, 4.69) is 10.3 Å². The summed E-state index contributed by atoms with van der Waals surface area (Å²) in [6, 6.07) is 14.0. The molecule has 1 amide bonds. The maximum atomic E-state index is 12.6. The first kappa shape index (κ1) is 19.0. The summed E-state index contributed by atoms with van der Waals surface area (Å²) in [6.07, 6.45) is 3.10. The third-order valence-corrected chi connectivity index (χ3v) is 4.85. The number of nitrogens with zero attached hydrogens (tertiary/aromatic N) is 2. The van der Waals surface area contributed by atoms with E-state index in [4.69, 9.17) is 16.3 Å². The van der Waals surface area contributed by atoms with E-state index in [9.17, 15) is 9.59 Å². The van der Waals surface area contributed by atoms with Crippen LogP contribution >= 0.6 is 23.4 Å². The number of aromatic nitrogens is 2. The topological polar surface area (TPSA) is 73.2 Å². The van der Waals surface area contributed by atoms with Gasteiger partial charge >= 0.3 is 0 Å². The van der Waals surface area contributed by atoms with Crippen molar-refractivity contribution in [3.63, 3.8) is 0 Å². The predicted molar refractivity (Wildman–Crippen MR) is 107 cm³/mol. The van der Waals surface area contributed by atoms with Crippen LogP contribution in [-0.2, 0) is 4.79 Å². The molecule has 6 nitrogen and oxygen atoms in total. The number of thioether (sulfide) groups is 1. The van der Waals surface area contributed by atoms with Gasteiger partial charge in [0.1, 0.15) is 5.75 Å². The number of carbonyl (C=O) groups excluding carboxylic acids is 1. The van der Waals surface area contributed by atoms with Crippen molar-refractivity contribution in [2.24, 2.45) is 0 Å². The average molecular weight is 402 g/mol. The van der Waals surface area contributed by atoms with Crippen molar-refractivity contribution >= 4 is 35.0 Å². The molecule has 0 bridgehead atoms. The van der Waals surface area contributed by atoms with Gasteiger partial charge in [-0.05, 0) is 36.4 Å². The highest BCUT2D eigenvalue weighted by Gasteiger charge is 2.11. The van der Waals surface area contributed by atoms with Crippen LogP contribution < -0.4 is 15.6 Å². The molecular weight excluding hydrogens is 386 g/mol. The zero-order valence-electron chi connectivity index (χ0n) is 14.4. The highest BCUT2D eigenvalue weighted by atomic mass is 35.5. The Hall–Kier alpha value is -2.77. The largest absolute Gasteiger partial charge is 0.495 e. The van der Waals surface area contributed by atoms with E-state index in [1.54, 1.807) is 48.7 Å². The Morgan fingerprint density at radius 3 is 2.70 bits per heavy atom. The standard InChI is InChI=1S/C19H16ClN3O3S/c1-26-16-5-3-2-4-15(16)22-17(24)12-27-18-19(25)23(11-10-21-18)14-8-6-13(20)7-9-14/h2-11H,12H2,1H3,(H,22,24). The lowest BCUT2D eigenvalue weighted by Crippen LogP contribution is -2.22. The molecule has 0 spiro atoms. The number of amides is 1. The fourth-order valence-electron chi connectivity index (χ4n) is 2.37. The number of benzene rings is 2. The van der Waals surface area contributed by atoms with E-state index in [0.29, 0.717) is 22.1 Å². The Morgan fingerprint density at radius 2 is 1.96 bits per heavy atom. The van der Waals surface area contributed by atoms with Crippen molar-refractivity contribution in [3.8, 4) is 11.4 Å². The zero-order chi connectivity index (χ0) is 19.2. The minimum Gasteiger partial charge on any atom is -0.495 e. The van der Waals surface area contributed by atoms with E-state index in [0.717, 1.165) is 11.8 Å². The Bertz CT molecular complexity index is 1010. The normalized spacial score (nSPS) is 10.4. The first-order valence-corrected chi connectivity index (χ1v) is 9.34. The number of hydrogen-bond donors (Lipinski definition) is 1. The smallest absolute Gasteiger partial charge is 0.287 e. The molecule has 0 unspecified atom stereocenters. The number of nitrogens with one attached hydrogen (secondary N) is 1. The quantitative estimate of drug-likeness (QED) is 0.638. The van der Waals surface area contributed by atoms with Gasteiger partial charge in [0.2, 0.25) is 5.91 Å². The average Bonchev–Trinajstić information content (AvgIpc) is 2.68. The Kier molecular flexibility index (Phi) is 6.16. The van der Waals surface area contributed by atoms with Crippen LogP contribution in [0.25, 0.3) is 5.69 Å². The Labute approximate surface area is 165 Å². The van der Waals surface area contributed by atoms with E-state index in [1.807, 2.05) is 6.07 Å². The lowest BCUT2D eigenvalue weighted by Gasteiger charge is -2.10. The second-order valence-corrected chi connectivity index (χ2v) is 6.82. The second-order valence-electron chi connectivity index (χ2n) is 5.42. The van der Waals surface area contributed by atoms with Crippen LogP contribution in [0.1, 0.15) is 0 Å². The highest BCUT2D eigenvalue weighted by molar-refractivity contribution is 7.99. The lowest BCUT2D eigenvalue weighted by molar-refractivity contribution is -0.113. The SMILES string of the molecule is COc1ccccc1NC(=O)CSc1nccn(-c2ccc(Cl)cc2)c1=O. The van der Waals surface area contributed by atoms with Gasteiger partial charge < -0.3 is 10.1 Å². The molecule has 0 fully saturated rings. The van der Waals surface area contributed by atoms with Gasteiger partial charge in [0.15, 0.2) is 5.03 Å². The molecule has 0 aliphatic heterocycles. The number of anilines is 1. The third-order valence-electron chi connectivity index (χ3n) is 3.64. The van der Waals surface area contributed by atoms with Crippen LogP contribution in [0.15, 0.2) is 70.7 Å². The minimum absolute atomic E-state index is 0.0465. The fourth-order valence-corrected chi connectivity index (χ4v) is 3.19. The number of rotatable bonds is 6. The Morgan fingerprint density at radius 1 is 1.22 bits per heavy atom. The molecule has 8 heteroatoms. The van der Waals surface area contributed by atoms with Crippen LogP contribution in [-0.4, -0.2) is 28.3 Å². The molecule has 0 aliphatic rings. The highest BCUT2D eigenvalue weighted by Crippen LogP contribution is 2.23. The summed E-state index contributed by atoms with van der Waals surface area (Å²) >= 11 is 6.96. The van der Waals surface area contributed by atoms with E-state index >= 15 is 0 Å². The van der Waals surface area contributed by atoms with E-state index in [1.165, 1.54) is 17.9 Å². The molecule has 3 aromatic rings. The molecule has 0 radical (unpaired) electrons. The van der Waals surface area contributed by atoms with E-state index in [-0.39, 0.29) is 22.2 Å². The molecule has 0 saturated heterocycles. The number of ether oxygens (including phenoxy) is 1. The molecule has 27 heavy (non-hydrogen) atoms. The first-order valence-electron chi connectivity index (χ1n) is 7.98. The summed E-state index contributed by atoms with van der Waals surface area (Å²) in [4.78, 5) is 28.9. The van der Waals surface area contributed by atoms with Crippen LogP contribution in [0.2, 0.25) is 5.02 Å². The summed E-state index contributed by atoms with van der Waals surface area (Å²) in [5.74, 6) is 0.358. The van der Waals surface area contributed by atoms with Crippen molar-refractivity contribution in [3.05, 3.63) is 76.3 Å². The van der Waals surface area contributed by atoms with Gasteiger partial charge in [-0.15, -0.1) is 0 Å². The number of methoxy groups -OCH3 is 1. The van der Waals surface area contributed by atoms with Crippen molar-refractivity contribution in [1.82, 2.24) is 9.55 Å². The number of carbonyl (C=O) groups is 1. The number of halogens is 1. The van der Waals surface area contributed by atoms with Crippen LogP contribution in [0.5, 0.6) is 5.75 Å². The number of hydrogen-bond acceptors (Lipinski definition) is 5. The monoisotopic (exact) mass is 401 g/mol. The third kappa shape index (κ3) is 4.69. The summed E-state index contributed by atoms with van der Waals surface area (Å²) in [5, 5.41) is 3.59. The molecule has 1 N–H and O–H groups in total. The second kappa shape index (κ2) is 8.75. The molecule has 138 valence electrons. The summed E-state index contributed by atoms with van der Waals surface area (Å²) in [7, 11) is 1.53. The molecule has 0 saturated carbocycles. The maximum Gasteiger partial charge on any atom is 0.287 e. The zero-order valence-corrected chi connectivity index (χ0v) is 16.0. The predicted octanol–water partition coefficient (Wildman–Crippen LogP) is 3.63. The fraction of sp³-hybridized carbons (Fsp3) is 0.105. The molecule has 3 rings (SSSR count). The summed E-state index contributed by atoms with van der Waals surface area (Å²) in [5.41, 5.74) is 0.951. The van der Waals surface area contributed by atoms with Gasteiger partial charge in [-0.25, -0.2) is 4.98 Å². The van der Waals surface area contributed by atoms with Crippen molar-refractivity contribution in [1.29, 1.82) is 0 Å². The van der Waals surface area contributed by atoms with Gasteiger partial charge in [-0.2, -0.15) is 0 Å². The van der Waals surface area contributed by atoms with Crippen LogP contribution in [0.3, 0.4) is 0 Å². The molecule has 1 heterocycles. The van der Waals surface area contributed by atoms with Gasteiger partial charge in [0, 0.05) is 23.1 Å². The van der Waals surface area contributed by atoms with Gasteiger partial charge in [0.25, 0.3) is 5.56 Å². The Balaban J connectivity index is 1.71. The van der Waals surface area contributed by atoms with Crippen LogP contribution in [0.4, 0.5) is 5.69 Å². The summed E-state index contributed by atoms with van der Waals surface area (Å²) in [6.45, 7) is 0. The first-order chi connectivity index (χ1) is 13.1. The van der Waals surface area contributed by atoms with Gasteiger partial charge in [0.05, 0.1) is 18.6 Å². The van der Waals surface area contributed by atoms with Crippen molar-refractivity contribution in [2.75, 3.05) is 18.2 Å². The van der Waals surface area contributed by atoms with Crippen molar-refractivity contribution < 1.29 is 9.53 Å². The minimum atomic E-state index is -0.296. The molecule has 0 atom stereocenters. The van der Waals surface area contributed by atoms with Gasteiger partial charge in [-0.3, -0.25) is 14.2 Å². The number of para-hydroxylation sites is 2. The maximum absolute atomic E-state index is 12.6. The van der Waals surface area contributed by atoms with Crippen LogP contribution in [0, 0.1) is 0 Å². The molecular formula is C19H16ClN3O3S. The summed E-state index contributed by atoms with van der Waals surface area (Å²) < 4.78 is 6.67. The molecule has 0 aliphatic carbocycles. The lowest BCUT2D eigenvalue weighted by atomic mass is 10.3. The molecule has 1 aromatic heterocycles.